The van der Waals surface area contributed by atoms with E-state index in [2.05, 4.69) is 9.97 Å². The first kappa shape index (κ1) is 13.5. The van der Waals surface area contributed by atoms with Crippen LogP contribution in [-0.4, -0.2) is 34.4 Å². The van der Waals surface area contributed by atoms with E-state index in [-0.39, 0.29) is 0 Å². The van der Waals surface area contributed by atoms with Crippen molar-refractivity contribution in [2.24, 2.45) is 0 Å². The molecule has 17 heavy (non-hydrogen) atoms. The first-order valence-corrected chi connectivity index (χ1v) is 6.63. The van der Waals surface area contributed by atoms with Crippen LogP contribution in [0.25, 0.3) is 6.08 Å². The Bertz CT molecular complexity index is 453. The molecule has 90 valence electrons. The Labute approximate surface area is 104 Å². The van der Waals surface area contributed by atoms with E-state index in [4.69, 9.17) is 5.26 Å². The van der Waals surface area contributed by atoms with Crippen LogP contribution in [0.5, 0.6) is 0 Å². The molecule has 0 saturated heterocycles. The van der Waals surface area contributed by atoms with Crippen molar-refractivity contribution in [2.75, 3.05) is 24.7 Å². The Morgan fingerprint density at radius 2 is 2.35 bits per heavy atom. The van der Waals surface area contributed by atoms with Crippen molar-refractivity contribution in [3.05, 3.63) is 17.8 Å². The lowest BCUT2D eigenvalue weighted by molar-refractivity contribution is 0.591. The molecule has 0 aromatic carbocycles. The second kappa shape index (κ2) is 6.23. The molecule has 0 aliphatic heterocycles. The van der Waals surface area contributed by atoms with Gasteiger partial charge < -0.3 is 9.45 Å². The summed E-state index contributed by atoms with van der Waals surface area (Å²) in [7, 11) is 1.88. The van der Waals surface area contributed by atoms with Crippen LogP contribution in [0.15, 0.2) is 17.4 Å². The van der Waals surface area contributed by atoms with Crippen LogP contribution in [-0.2, 0) is 11.2 Å². The molecule has 0 radical (unpaired) electrons. The molecule has 0 spiro atoms. The van der Waals surface area contributed by atoms with Crippen molar-refractivity contribution in [3.8, 4) is 6.07 Å². The van der Waals surface area contributed by atoms with Crippen molar-refractivity contribution >= 4 is 23.1 Å². The topological polar surface area (TPSA) is 75.9 Å². The maximum absolute atomic E-state index is 11.3. The van der Waals surface area contributed by atoms with E-state index in [1.165, 1.54) is 12.3 Å². The average molecular weight is 250 g/mol. The Hall–Kier alpha value is -1.58. The van der Waals surface area contributed by atoms with Crippen LogP contribution >= 0.6 is 0 Å². The highest BCUT2D eigenvalue weighted by molar-refractivity contribution is 7.90. The smallest absolute Gasteiger partial charge is 0.344 e. The quantitative estimate of drug-likeness (QED) is 0.456. The van der Waals surface area contributed by atoms with Crippen molar-refractivity contribution in [2.45, 2.75) is 12.1 Å². The predicted octanol–water partition coefficient (Wildman–Crippen LogP) is 1.21. The van der Waals surface area contributed by atoms with Crippen LogP contribution in [0.2, 0.25) is 0 Å². The SMILES string of the molecule is CCN(C)c1nc([S+](C)[O-])ncc1C=CC#N. The summed E-state index contributed by atoms with van der Waals surface area (Å²) in [5.74, 6) is 0.680. The number of allylic oxidation sites excluding steroid dienone is 1. The van der Waals surface area contributed by atoms with Crippen molar-refractivity contribution < 1.29 is 4.55 Å². The second-order valence-corrected chi connectivity index (χ2v) is 4.64. The van der Waals surface area contributed by atoms with Gasteiger partial charge in [0.25, 0.3) is 0 Å². The van der Waals surface area contributed by atoms with E-state index in [0.29, 0.717) is 11.0 Å². The van der Waals surface area contributed by atoms with Gasteiger partial charge in [0.05, 0.1) is 6.07 Å². The van der Waals surface area contributed by atoms with Gasteiger partial charge in [-0.3, -0.25) is 0 Å². The zero-order valence-electron chi connectivity index (χ0n) is 10.0. The summed E-state index contributed by atoms with van der Waals surface area (Å²) in [5.41, 5.74) is 0.741. The molecule has 0 amide bonds. The summed E-state index contributed by atoms with van der Waals surface area (Å²) in [6, 6.07) is 1.92. The second-order valence-electron chi connectivity index (χ2n) is 3.36. The monoisotopic (exact) mass is 250 g/mol. The number of hydrogen-bond acceptors (Lipinski definition) is 5. The summed E-state index contributed by atoms with van der Waals surface area (Å²) in [4.78, 5) is 10.2. The molecule has 1 heterocycles. The van der Waals surface area contributed by atoms with Crippen LogP contribution in [0.3, 0.4) is 0 Å². The molecule has 5 nitrogen and oxygen atoms in total. The summed E-state index contributed by atoms with van der Waals surface area (Å²) < 4.78 is 11.3. The molecule has 1 atom stereocenters. The predicted molar refractivity (Wildman–Crippen MR) is 68.0 cm³/mol. The number of aromatic nitrogens is 2. The highest BCUT2D eigenvalue weighted by Gasteiger charge is 2.14. The molecule has 6 heteroatoms. The molecular weight excluding hydrogens is 236 g/mol. The first-order valence-electron chi connectivity index (χ1n) is 5.08. The van der Waals surface area contributed by atoms with Crippen LogP contribution in [0.4, 0.5) is 5.82 Å². The third-order valence-corrected chi connectivity index (χ3v) is 2.92. The van der Waals surface area contributed by atoms with Crippen molar-refractivity contribution in [1.29, 1.82) is 5.26 Å². The van der Waals surface area contributed by atoms with Gasteiger partial charge in [-0.2, -0.15) is 15.2 Å². The lowest BCUT2D eigenvalue weighted by atomic mass is 10.2. The van der Waals surface area contributed by atoms with Crippen LogP contribution in [0, 0.1) is 11.3 Å². The van der Waals surface area contributed by atoms with Crippen molar-refractivity contribution in [3.63, 3.8) is 0 Å². The molecule has 1 rings (SSSR count). The number of rotatable bonds is 4. The third-order valence-electron chi connectivity index (χ3n) is 2.20. The Morgan fingerprint density at radius 1 is 1.65 bits per heavy atom. The summed E-state index contributed by atoms with van der Waals surface area (Å²) in [5, 5.41) is 8.82. The molecule has 0 aliphatic carbocycles. The van der Waals surface area contributed by atoms with Gasteiger partial charge >= 0.3 is 5.16 Å². The minimum atomic E-state index is -1.21. The first-order chi connectivity index (χ1) is 8.10. The van der Waals surface area contributed by atoms with Gasteiger partial charge in [-0.05, 0) is 13.0 Å². The normalized spacial score (nSPS) is 12.4. The molecule has 0 fully saturated rings. The lowest BCUT2D eigenvalue weighted by Crippen LogP contribution is -2.20. The summed E-state index contributed by atoms with van der Waals surface area (Å²) >= 11 is -1.21. The highest BCUT2D eigenvalue weighted by atomic mass is 32.2. The average Bonchev–Trinajstić information content (AvgIpc) is 2.35. The van der Waals surface area contributed by atoms with Crippen LogP contribution < -0.4 is 4.90 Å². The number of nitriles is 1. The van der Waals surface area contributed by atoms with Gasteiger partial charge in [-0.1, -0.05) is 0 Å². The zero-order valence-corrected chi connectivity index (χ0v) is 10.9. The number of nitrogens with zero attached hydrogens (tertiary/aromatic N) is 4. The van der Waals surface area contributed by atoms with E-state index < -0.39 is 11.2 Å². The minimum Gasteiger partial charge on any atom is -0.609 e. The molecular formula is C11H14N4OS. The van der Waals surface area contributed by atoms with Gasteiger partial charge in [0.1, 0.15) is 12.1 Å². The fraction of sp³-hybridized carbons (Fsp3) is 0.364. The molecule has 1 aromatic rings. The maximum Gasteiger partial charge on any atom is 0.344 e. The largest absolute Gasteiger partial charge is 0.609 e. The number of anilines is 1. The van der Waals surface area contributed by atoms with E-state index in [1.807, 2.05) is 24.9 Å². The lowest BCUT2D eigenvalue weighted by Gasteiger charge is -2.18. The molecule has 0 N–H and O–H groups in total. The van der Waals surface area contributed by atoms with E-state index in [0.717, 1.165) is 12.1 Å². The van der Waals surface area contributed by atoms with Gasteiger partial charge in [-0.15, -0.1) is 0 Å². The highest BCUT2D eigenvalue weighted by Crippen LogP contribution is 2.18. The molecule has 0 bridgehead atoms. The van der Waals surface area contributed by atoms with Crippen LogP contribution in [0.1, 0.15) is 12.5 Å². The molecule has 0 aliphatic rings. The number of hydrogen-bond donors (Lipinski definition) is 0. The van der Waals surface area contributed by atoms with Gasteiger partial charge in [-0.25, -0.2) is 0 Å². The molecule has 1 aromatic heterocycles. The standard InChI is InChI=1S/C11H14N4OS/c1-4-15(2)10-9(6-5-7-12)8-13-11(14-10)17(3)16/h5-6,8H,4H2,1-3H3. The summed E-state index contributed by atoms with van der Waals surface area (Å²) in [6.45, 7) is 2.75. The Kier molecular flexibility index (Phi) is 4.94. The Morgan fingerprint density at radius 3 is 2.88 bits per heavy atom. The Balaban J connectivity index is 3.22. The maximum atomic E-state index is 11.3. The fourth-order valence-corrected chi connectivity index (χ4v) is 1.62. The zero-order chi connectivity index (χ0) is 12.8. The third kappa shape index (κ3) is 3.44. The van der Waals surface area contributed by atoms with Gasteiger partial charge in [0.15, 0.2) is 0 Å². The van der Waals surface area contributed by atoms with Gasteiger partial charge in [0, 0.05) is 42.6 Å². The minimum absolute atomic E-state index is 0.300. The van der Waals surface area contributed by atoms with E-state index in [1.54, 1.807) is 12.3 Å². The molecule has 0 saturated carbocycles. The van der Waals surface area contributed by atoms with E-state index >= 15 is 0 Å². The van der Waals surface area contributed by atoms with Gasteiger partial charge in [0.2, 0.25) is 0 Å². The molecule has 1 unspecified atom stereocenters. The van der Waals surface area contributed by atoms with Crippen molar-refractivity contribution in [1.82, 2.24) is 9.97 Å². The van der Waals surface area contributed by atoms with E-state index in [9.17, 15) is 4.55 Å². The fourth-order valence-electron chi connectivity index (χ4n) is 1.21. The summed E-state index contributed by atoms with van der Waals surface area (Å²) in [6.07, 6.45) is 6.13.